The molecular weight excluding hydrogens is 206 g/mol. The van der Waals surface area contributed by atoms with E-state index in [1.807, 2.05) is 30.1 Å². The zero-order valence-corrected chi connectivity index (χ0v) is 9.19. The molecule has 0 aliphatic heterocycles. The Morgan fingerprint density at radius 2 is 2.31 bits per heavy atom. The number of nitrogens with one attached hydrogen (secondary N) is 1. The van der Waals surface area contributed by atoms with Gasteiger partial charge in [0.2, 0.25) is 0 Å². The molecule has 0 aliphatic rings. The highest BCUT2D eigenvalue weighted by atomic mass is 16.4. The van der Waals surface area contributed by atoms with Gasteiger partial charge in [0, 0.05) is 13.2 Å². The third-order valence-electron chi connectivity index (χ3n) is 2.58. The van der Waals surface area contributed by atoms with Crippen molar-refractivity contribution >= 4 is 11.1 Å². The summed E-state index contributed by atoms with van der Waals surface area (Å²) >= 11 is 0. The Hall–Kier alpha value is -1.59. The average Bonchev–Trinajstić information content (AvgIpc) is 2.65. The topological polar surface area (TPSA) is 75.3 Å². The third-order valence-corrected chi connectivity index (χ3v) is 2.58. The summed E-state index contributed by atoms with van der Waals surface area (Å²) in [6.07, 6.45) is 0.887. The Balaban J connectivity index is 2.16. The first-order valence-corrected chi connectivity index (χ1v) is 5.19. The molecule has 5 heteroatoms. The monoisotopic (exact) mass is 221 g/mol. The second-order valence-corrected chi connectivity index (χ2v) is 3.86. The zero-order valence-electron chi connectivity index (χ0n) is 9.19. The summed E-state index contributed by atoms with van der Waals surface area (Å²) in [6, 6.07) is 5.73. The first-order valence-electron chi connectivity index (χ1n) is 5.19. The molecule has 0 unspecified atom stereocenters. The predicted octanol–water partition coefficient (Wildman–Crippen LogP) is 0.512. The number of likely N-dealkylation sites (N-methyl/N-ethyl adjacent to an activating group) is 1. The number of fused-ring (bicyclic) bond motifs is 1. The van der Waals surface area contributed by atoms with Gasteiger partial charge in [-0.1, -0.05) is 6.07 Å². The van der Waals surface area contributed by atoms with Gasteiger partial charge in [-0.25, -0.2) is 4.79 Å². The standard InChI is InChI=1S/C11H15N3O2/c1-14(7-12)5-4-8-2-3-9-10(6-8)16-11(15)13-9/h2-3,6H,4-5,7,12H2,1H3,(H,13,15). The van der Waals surface area contributed by atoms with Crippen LogP contribution in [0.15, 0.2) is 27.4 Å². The molecule has 86 valence electrons. The van der Waals surface area contributed by atoms with E-state index >= 15 is 0 Å². The smallest absolute Gasteiger partial charge is 0.408 e. The van der Waals surface area contributed by atoms with Crippen LogP contribution in [0.5, 0.6) is 0 Å². The molecule has 0 amide bonds. The number of rotatable bonds is 4. The minimum atomic E-state index is -0.411. The molecule has 0 saturated carbocycles. The molecule has 0 fully saturated rings. The van der Waals surface area contributed by atoms with Crippen LogP contribution in [0.2, 0.25) is 0 Å². The summed E-state index contributed by atoms with van der Waals surface area (Å²) in [5, 5.41) is 0. The van der Waals surface area contributed by atoms with Crippen molar-refractivity contribution in [3.8, 4) is 0 Å². The second kappa shape index (κ2) is 4.51. The van der Waals surface area contributed by atoms with Crippen molar-refractivity contribution in [2.45, 2.75) is 6.42 Å². The molecule has 3 N–H and O–H groups in total. The average molecular weight is 221 g/mol. The fourth-order valence-corrected chi connectivity index (χ4v) is 1.56. The molecule has 1 heterocycles. The van der Waals surface area contributed by atoms with Gasteiger partial charge < -0.3 is 10.2 Å². The zero-order chi connectivity index (χ0) is 11.5. The van der Waals surface area contributed by atoms with E-state index in [1.54, 1.807) is 0 Å². The molecule has 0 bridgehead atoms. The van der Waals surface area contributed by atoms with E-state index in [-0.39, 0.29) is 0 Å². The molecule has 1 aromatic heterocycles. The number of H-pyrrole nitrogens is 1. The van der Waals surface area contributed by atoms with Gasteiger partial charge in [0.1, 0.15) is 0 Å². The molecule has 1 aromatic carbocycles. The van der Waals surface area contributed by atoms with Crippen molar-refractivity contribution in [2.75, 3.05) is 20.3 Å². The van der Waals surface area contributed by atoms with Crippen molar-refractivity contribution in [2.24, 2.45) is 5.73 Å². The lowest BCUT2D eigenvalue weighted by atomic mass is 10.1. The van der Waals surface area contributed by atoms with Crippen molar-refractivity contribution in [3.63, 3.8) is 0 Å². The number of benzene rings is 1. The molecule has 0 spiro atoms. The van der Waals surface area contributed by atoms with E-state index in [9.17, 15) is 4.79 Å². The number of oxazole rings is 1. The Morgan fingerprint density at radius 3 is 3.06 bits per heavy atom. The van der Waals surface area contributed by atoms with Crippen LogP contribution in [0, 0.1) is 0 Å². The summed E-state index contributed by atoms with van der Waals surface area (Å²) in [5.41, 5.74) is 7.97. The van der Waals surface area contributed by atoms with E-state index in [1.165, 1.54) is 0 Å². The molecule has 0 radical (unpaired) electrons. The van der Waals surface area contributed by atoms with E-state index in [2.05, 4.69) is 4.98 Å². The van der Waals surface area contributed by atoms with Gasteiger partial charge in [-0.2, -0.15) is 0 Å². The first-order chi connectivity index (χ1) is 7.69. The summed E-state index contributed by atoms with van der Waals surface area (Å²) < 4.78 is 4.99. The summed E-state index contributed by atoms with van der Waals surface area (Å²) in [5.74, 6) is -0.411. The summed E-state index contributed by atoms with van der Waals surface area (Å²) in [4.78, 5) is 15.6. The molecule has 16 heavy (non-hydrogen) atoms. The van der Waals surface area contributed by atoms with E-state index < -0.39 is 5.76 Å². The van der Waals surface area contributed by atoms with Crippen LogP contribution in [-0.2, 0) is 6.42 Å². The normalized spacial score (nSPS) is 11.4. The number of hydrogen-bond acceptors (Lipinski definition) is 4. The highest BCUT2D eigenvalue weighted by Crippen LogP contribution is 2.12. The minimum absolute atomic E-state index is 0.411. The molecule has 0 atom stereocenters. The van der Waals surface area contributed by atoms with Crippen LogP contribution in [0.1, 0.15) is 5.56 Å². The minimum Gasteiger partial charge on any atom is -0.408 e. The molecule has 2 rings (SSSR count). The van der Waals surface area contributed by atoms with Gasteiger partial charge in [0.25, 0.3) is 0 Å². The van der Waals surface area contributed by atoms with Crippen molar-refractivity contribution in [1.82, 2.24) is 9.88 Å². The van der Waals surface area contributed by atoms with E-state index in [4.69, 9.17) is 10.2 Å². The van der Waals surface area contributed by atoms with Gasteiger partial charge >= 0.3 is 5.76 Å². The number of aromatic amines is 1. The van der Waals surface area contributed by atoms with Crippen LogP contribution >= 0.6 is 0 Å². The Morgan fingerprint density at radius 1 is 1.50 bits per heavy atom. The van der Waals surface area contributed by atoms with Gasteiger partial charge in [0.05, 0.1) is 5.52 Å². The number of hydrogen-bond donors (Lipinski definition) is 2. The molecular formula is C11H15N3O2. The molecule has 0 saturated heterocycles. The van der Waals surface area contributed by atoms with E-state index in [0.29, 0.717) is 12.3 Å². The SMILES string of the molecule is CN(CN)CCc1ccc2[nH]c(=O)oc2c1. The lowest BCUT2D eigenvalue weighted by Crippen LogP contribution is -2.27. The lowest BCUT2D eigenvalue weighted by Gasteiger charge is -2.12. The van der Waals surface area contributed by atoms with Gasteiger partial charge in [-0.3, -0.25) is 9.88 Å². The first kappa shape index (κ1) is 10.9. The van der Waals surface area contributed by atoms with Gasteiger partial charge in [-0.15, -0.1) is 0 Å². The quantitative estimate of drug-likeness (QED) is 0.738. The highest BCUT2D eigenvalue weighted by Gasteiger charge is 2.03. The predicted molar refractivity (Wildman–Crippen MR) is 62.2 cm³/mol. The maximum Gasteiger partial charge on any atom is 0.417 e. The number of nitrogens with zero attached hydrogens (tertiary/aromatic N) is 1. The van der Waals surface area contributed by atoms with Crippen LogP contribution in [0.4, 0.5) is 0 Å². The molecule has 5 nitrogen and oxygen atoms in total. The van der Waals surface area contributed by atoms with Crippen LogP contribution in [-0.4, -0.2) is 30.1 Å². The van der Waals surface area contributed by atoms with Crippen LogP contribution in [0.3, 0.4) is 0 Å². The Labute approximate surface area is 92.8 Å². The maximum absolute atomic E-state index is 11.0. The third kappa shape index (κ3) is 2.32. The molecule has 2 aromatic rings. The Kier molecular flexibility index (Phi) is 3.07. The lowest BCUT2D eigenvalue weighted by molar-refractivity contribution is 0.349. The summed E-state index contributed by atoms with van der Waals surface area (Å²) in [7, 11) is 1.97. The van der Waals surface area contributed by atoms with Crippen molar-refractivity contribution < 1.29 is 4.42 Å². The fourth-order valence-electron chi connectivity index (χ4n) is 1.56. The highest BCUT2D eigenvalue weighted by molar-refractivity contribution is 5.72. The largest absolute Gasteiger partial charge is 0.417 e. The van der Waals surface area contributed by atoms with Gasteiger partial charge in [0.15, 0.2) is 5.58 Å². The second-order valence-electron chi connectivity index (χ2n) is 3.86. The van der Waals surface area contributed by atoms with Crippen molar-refractivity contribution in [1.29, 1.82) is 0 Å². The fraction of sp³-hybridized carbons (Fsp3) is 0.364. The molecule has 0 aliphatic carbocycles. The van der Waals surface area contributed by atoms with Crippen LogP contribution in [0.25, 0.3) is 11.1 Å². The number of nitrogens with two attached hydrogens (primary N) is 1. The van der Waals surface area contributed by atoms with Crippen LogP contribution < -0.4 is 11.5 Å². The Bertz CT molecular complexity index is 529. The van der Waals surface area contributed by atoms with Gasteiger partial charge in [-0.05, 0) is 31.2 Å². The summed E-state index contributed by atoms with van der Waals surface area (Å²) in [6.45, 7) is 1.43. The van der Waals surface area contributed by atoms with Crippen molar-refractivity contribution in [3.05, 3.63) is 34.3 Å². The van der Waals surface area contributed by atoms with E-state index in [0.717, 1.165) is 24.0 Å². The maximum atomic E-state index is 11.0. The number of aromatic nitrogens is 1.